The van der Waals surface area contributed by atoms with E-state index in [-0.39, 0.29) is 0 Å². The van der Waals surface area contributed by atoms with Crippen molar-refractivity contribution in [2.75, 3.05) is 6.54 Å². The predicted molar refractivity (Wildman–Crippen MR) is 34.0 cm³/mol. The number of hydrogen-bond donors (Lipinski definition) is 0. The van der Waals surface area contributed by atoms with E-state index in [4.69, 9.17) is 11.6 Å². The molecule has 0 atom stereocenters. The number of rotatable bonds is 2. The standard InChI is InChI=1S/C5H8ClN/c1-2-7-5-3-4-6/h3-5H,2H2,1H3. The van der Waals surface area contributed by atoms with Gasteiger partial charge in [-0.2, -0.15) is 0 Å². The average molecular weight is 118 g/mol. The number of aliphatic imine (C=N–C) groups is 1. The van der Waals surface area contributed by atoms with Gasteiger partial charge in [0.25, 0.3) is 0 Å². The highest BCUT2D eigenvalue weighted by molar-refractivity contribution is 6.26. The Hall–Kier alpha value is -0.300. The molecular formula is C5H8ClN. The molecule has 0 aliphatic heterocycles. The van der Waals surface area contributed by atoms with Crippen molar-refractivity contribution in [2.24, 2.45) is 4.99 Å². The summed E-state index contributed by atoms with van der Waals surface area (Å²) < 4.78 is 0. The molecule has 0 bridgehead atoms. The number of allylic oxidation sites excluding steroid dienone is 1. The van der Waals surface area contributed by atoms with E-state index in [2.05, 4.69) is 4.99 Å². The van der Waals surface area contributed by atoms with E-state index >= 15 is 0 Å². The molecule has 1 nitrogen and oxygen atoms in total. The molecule has 0 saturated carbocycles. The maximum atomic E-state index is 5.17. The maximum Gasteiger partial charge on any atom is 0.0360 e. The molecule has 0 aromatic rings. The normalized spacial score (nSPS) is 11.7. The largest absolute Gasteiger partial charge is 0.293 e. The first-order valence-corrected chi connectivity index (χ1v) is 2.60. The second kappa shape index (κ2) is 5.70. The Balaban J connectivity index is 3.09. The SMILES string of the molecule is CCN=CC=CCl. The number of halogens is 1. The summed E-state index contributed by atoms with van der Waals surface area (Å²) in [6.45, 7) is 2.79. The van der Waals surface area contributed by atoms with Gasteiger partial charge in [-0.3, -0.25) is 4.99 Å². The van der Waals surface area contributed by atoms with Gasteiger partial charge in [0.05, 0.1) is 0 Å². The van der Waals surface area contributed by atoms with E-state index in [0.29, 0.717) is 0 Å². The average Bonchev–Trinajstić information content (AvgIpc) is 1.69. The molecule has 7 heavy (non-hydrogen) atoms. The van der Waals surface area contributed by atoms with Crippen LogP contribution in [0.3, 0.4) is 0 Å². The molecule has 0 spiro atoms. The molecule has 0 fully saturated rings. The minimum Gasteiger partial charge on any atom is -0.293 e. The molecule has 0 aromatic heterocycles. The fraction of sp³-hybridized carbons (Fsp3) is 0.400. The van der Waals surface area contributed by atoms with Crippen LogP contribution in [0.1, 0.15) is 6.92 Å². The Labute approximate surface area is 48.7 Å². The summed E-state index contributed by atoms with van der Waals surface area (Å²) in [5, 5.41) is 0. The molecule has 0 aliphatic rings. The van der Waals surface area contributed by atoms with Gasteiger partial charge in [-0.05, 0) is 13.0 Å². The van der Waals surface area contributed by atoms with Crippen LogP contribution in [0.5, 0.6) is 0 Å². The number of nitrogens with zero attached hydrogens (tertiary/aromatic N) is 1. The zero-order chi connectivity index (χ0) is 5.54. The van der Waals surface area contributed by atoms with E-state index < -0.39 is 0 Å². The smallest absolute Gasteiger partial charge is 0.0360 e. The highest BCUT2D eigenvalue weighted by Gasteiger charge is 1.58. The van der Waals surface area contributed by atoms with Gasteiger partial charge in [-0.25, -0.2) is 0 Å². The summed E-state index contributed by atoms with van der Waals surface area (Å²) in [6, 6.07) is 0. The Bertz CT molecular complexity index is 76.1. The molecular weight excluding hydrogens is 110 g/mol. The second-order valence-corrected chi connectivity index (χ2v) is 1.22. The van der Waals surface area contributed by atoms with Crippen LogP contribution in [0.15, 0.2) is 16.6 Å². The zero-order valence-electron chi connectivity index (χ0n) is 4.26. The van der Waals surface area contributed by atoms with Gasteiger partial charge in [-0.1, -0.05) is 11.6 Å². The van der Waals surface area contributed by atoms with E-state index in [1.165, 1.54) is 5.54 Å². The van der Waals surface area contributed by atoms with Crippen molar-refractivity contribution in [1.29, 1.82) is 0 Å². The van der Waals surface area contributed by atoms with E-state index in [0.717, 1.165) is 6.54 Å². The molecule has 0 rings (SSSR count). The molecule has 0 aliphatic carbocycles. The van der Waals surface area contributed by atoms with Crippen molar-refractivity contribution in [1.82, 2.24) is 0 Å². The number of hydrogen-bond acceptors (Lipinski definition) is 1. The summed E-state index contributed by atoms with van der Waals surface area (Å²) in [7, 11) is 0. The van der Waals surface area contributed by atoms with Crippen molar-refractivity contribution >= 4 is 17.8 Å². The van der Waals surface area contributed by atoms with E-state index in [1.807, 2.05) is 6.92 Å². The lowest BCUT2D eigenvalue weighted by Gasteiger charge is -1.71. The van der Waals surface area contributed by atoms with E-state index in [9.17, 15) is 0 Å². The maximum absolute atomic E-state index is 5.17. The van der Waals surface area contributed by atoms with Gasteiger partial charge in [0, 0.05) is 18.3 Å². The topological polar surface area (TPSA) is 12.4 Å². The van der Waals surface area contributed by atoms with Crippen LogP contribution >= 0.6 is 11.6 Å². The van der Waals surface area contributed by atoms with E-state index in [1.54, 1.807) is 12.3 Å². The Morgan fingerprint density at radius 2 is 2.43 bits per heavy atom. The van der Waals surface area contributed by atoms with Crippen LogP contribution in [0.2, 0.25) is 0 Å². The quantitative estimate of drug-likeness (QED) is 0.490. The third-order valence-electron chi connectivity index (χ3n) is 0.447. The third-order valence-corrected chi connectivity index (χ3v) is 0.592. The zero-order valence-corrected chi connectivity index (χ0v) is 5.02. The minimum atomic E-state index is 0.821. The van der Waals surface area contributed by atoms with Crippen molar-refractivity contribution in [2.45, 2.75) is 6.92 Å². The van der Waals surface area contributed by atoms with Gasteiger partial charge in [-0.15, -0.1) is 0 Å². The molecule has 2 heteroatoms. The highest BCUT2D eigenvalue weighted by atomic mass is 35.5. The van der Waals surface area contributed by atoms with Crippen LogP contribution < -0.4 is 0 Å². The molecule has 0 N–H and O–H groups in total. The van der Waals surface area contributed by atoms with Crippen molar-refractivity contribution in [3.63, 3.8) is 0 Å². The van der Waals surface area contributed by atoms with Gasteiger partial charge >= 0.3 is 0 Å². The highest BCUT2D eigenvalue weighted by Crippen LogP contribution is 1.73. The summed E-state index contributed by atoms with van der Waals surface area (Å²) in [4.78, 5) is 3.87. The van der Waals surface area contributed by atoms with Crippen LogP contribution in [-0.4, -0.2) is 12.8 Å². The summed E-state index contributed by atoms with van der Waals surface area (Å²) in [5.41, 5.74) is 1.43. The second-order valence-electron chi connectivity index (χ2n) is 0.966. The van der Waals surface area contributed by atoms with Crippen molar-refractivity contribution < 1.29 is 0 Å². The molecule has 0 heterocycles. The molecule has 0 radical (unpaired) electrons. The van der Waals surface area contributed by atoms with Crippen LogP contribution in [0, 0.1) is 0 Å². The molecule has 0 aromatic carbocycles. The van der Waals surface area contributed by atoms with Crippen LogP contribution in [-0.2, 0) is 0 Å². The summed E-state index contributed by atoms with van der Waals surface area (Å²) in [6.07, 6.45) is 3.36. The molecule has 0 amide bonds. The van der Waals surface area contributed by atoms with Gasteiger partial charge in [0.15, 0.2) is 0 Å². The predicted octanol–water partition coefficient (Wildman–Crippen LogP) is 1.83. The van der Waals surface area contributed by atoms with Gasteiger partial charge in [0.2, 0.25) is 0 Å². The first kappa shape index (κ1) is 6.70. The lowest BCUT2D eigenvalue weighted by atomic mass is 10.7. The Kier molecular flexibility index (Phi) is 5.46. The molecule has 0 unspecified atom stereocenters. The lowest BCUT2D eigenvalue weighted by Crippen LogP contribution is -1.66. The minimum absolute atomic E-state index is 0.821. The molecule has 40 valence electrons. The fourth-order valence-corrected chi connectivity index (χ4v) is 0.264. The monoisotopic (exact) mass is 117 g/mol. The molecule has 0 saturated heterocycles. The third kappa shape index (κ3) is 5.70. The first-order valence-electron chi connectivity index (χ1n) is 2.17. The van der Waals surface area contributed by atoms with Crippen molar-refractivity contribution in [3.05, 3.63) is 11.6 Å². The summed E-state index contributed by atoms with van der Waals surface area (Å²) >= 11 is 5.17. The first-order chi connectivity index (χ1) is 3.41. The lowest BCUT2D eigenvalue weighted by molar-refractivity contribution is 1.14. The van der Waals surface area contributed by atoms with Crippen molar-refractivity contribution in [3.8, 4) is 0 Å². The van der Waals surface area contributed by atoms with Crippen LogP contribution in [0.25, 0.3) is 0 Å². The van der Waals surface area contributed by atoms with Gasteiger partial charge in [0.1, 0.15) is 0 Å². The van der Waals surface area contributed by atoms with Gasteiger partial charge < -0.3 is 0 Å². The fourth-order valence-electron chi connectivity index (χ4n) is 0.199. The summed E-state index contributed by atoms with van der Waals surface area (Å²) in [5.74, 6) is 0. The Morgan fingerprint density at radius 1 is 1.71 bits per heavy atom. The Morgan fingerprint density at radius 3 is 2.86 bits per heavy atom. The van der Waals surface area contributed by atoms with Crippen LogP contribution in [0.4, 0.5) is 0 Å².